The lowest BCUT2D eigenvalue weighted by Crippen LogP contribution is -2.28. The molecular formula is C23H21ClN2O5S. The van der Waals surface area contributed by atoms with Crippen LogP contribution in [0.15, 0.2) is 59.5 Å². The average Bonchev–Trinajstić information content (AvgIpc) is 2.97. The number of carbonyl (C=O) groups excluding carboxylic acids is 2. The van der Waals surface area contributed by atoms with E-state index in [-0.39, 0.29) is 36.1 Å². The Morgan fingerprint density at radius 1 is 1.09 bits per heavy atom. The minimum absolute atomic E-state index is 0.121. The summed E-state index contributed by atoms with van der Waals surface area (Å²) in [5, 5.41) is 4.48. The number of amides is 1. The van der Waals surface area contributed by atoms with Gasteiger partial charge in [-0.05, 0) is 49.1 Å². The Hall–Kier alpha value is -3.10. The van der Waals surface area contributed by atoms with Crippen LogP contribution in [0.3, 0.4) is 0 Å². The Morgan fingerprint density at radius 3 is 2.56 bits per heavy atom. The lowest BCUT2D eigenvalue weighted by molar-refractivity contribution is -0.116. The Bertz CT molecular complexity index is 1320. The molecule has 0 unspecified atom stereocenters. The maximum atomic E-state index is 13.0. The third kappa shape index (κ3) is 4.03. The van der Waals surface area contributed by atoms with Crippen molar-refractivity contribution in [1.82, 2.24) is 0 Å². The highest BCUT2D eigenvalue weighted by Gasteiger charge is 2.35. The first-order valence-electron chi connectivity index (χ1n) is 10.1. The number of carbonyl (C=O) groups is 2. The molecule has 3 aromatic rings. The van der Waals surface area contributed by atoms with Crippen molar-refractivity contribution in [3.63, 3.8) is 0 Å². The molecule has 3 aromatic carbocycles. The average molecular weight is 473 g/mol. The van der Waals surface area contributed by atoms with Crippen molar-refractivity contribution in [3.8, 4) is 0 Å². The number of rotatable bonds is 7. The molecule has 1 aliphatic rings. The molecule has 0 saturated heterocycles. The summed E-state index contributed by atoms with van der Waals surface area (Å²) >= 11 is 6.12. The van der Waals surface area contributed by atoms with Gasteiger partial charge in [0.25, 0.3) is 10.0 Å². The van der Waals surface area contributed by atoms with Crippen LogP contribution in [0.2, 0.25) is 5.02 Å². The number of benzene rings is 3. The van der Waals surface area contributed by atoms with E-state index in [9.17, 15) is 18.0 Å². The zero-order chi connectivity index (χ0) is 22.9. The molecule has 1 amide bonds. The van der Waals surface area contributed by atoms with Gasteiger partial charge in [0.05, 0.1) is 27.8 Å². The molecule has 9 heteroatoms. The van der Waals surface area contributed by atoms with Crippen molar-refractivity contribution in [2.75, 3.05) is 22.8 Å². The van der Waals surface area contributed by atoms with Crippen molar-refractivity contribution in [2.24, 2.45) is 0 Å². The normalized spacial score (nSPS) is 13.9. The van der Waals surface area contributed by atoms with Crippen molar-refractivity contribution < 1.29 is 22.7 Å². The van der Waals surface area contributed by atoms with Crippen molar-refractivity contribution in [3.05, 3.63) is 65.2 Å². The third-order valence-electron chi connectivity index (χ3n) is 5.19. The molecule has 7 nitrogen and oxygen atoms in total. The Kier molecular flexibility index (Phi) is 6.08. The van der Waals surface area contributed by atoms with E-state index in [2.05, 4.69) is 5.32 Å². The van der Waals surface area contributed by atoms with Crippen LogP contribution in [0, 0.1) is 0 Å². The quantitative estimate of drug-likeness (QED) is 0.507. The van der Waals surface area contributed by atoms with Crippen LogP contribution < -0.4 is 9.62 Å². The summed E-state index contributed by atoms with van der Waals surface area (Å²) in [4.78, 5) is 24.5. The zero-order valence-corrected chi connectivity index (χ0v) is 18.9. The van der Waals surface area contributed by atoms with E-state index in [4.69, 9.17) is 16.3 Å². The predicted molar refractivity (Wildman–Crippen MR) is 124 cm³/mol. The highest BCUT2D eigenvalue weighted by atomic mass is 35.5. The minimum Gasteiger partial charge on any atom is -0.462 e. The molecule has 0 radical (unpaired) electrons. The second-order valence-electron chi connectivity index (χ2n) is 7.28. The van der Waals surface area contributed by atoms with Gasteiger partial charge in [-0.3, -0.25) is 9.10 Å². The van der Waals surface area contributed by atoms with Gasteiger partial charge in [0.1, 0.15) is 0 Å². The molecular weight excluding hydrogens is 452 g/mol. The summed E-state index contributed by atoms with van der Waals surface area (Å²) in [6.45, 7) is 2.12. The van der Waals surface area contributed by atoms with Crippen molar-refractivity contribution in [2.45, 2.75) is 24.7 Å². The number of nitrogens with zero attached hydrogens (tertiary/aromatic N) is 1. The monoisotopic (exact) mass is 472 g/mol. The molecule has 1 N–H and O–H groups in total. The SMILES string of the molecule is CCOC(=O)c1ccc(NC(=O)CCCN2c3cccc4cccc(c34)S2(=O)=O)cc1Cl. The van der Waals surface area contributed by atoms with Crippen LogP contribution in [0.5, 0.6) is 0 Å². The van der Waals surface area contributed by atoms with E-state index in [1.807, 2.05) is 18.2 Å². The minimum atomic E-state index is -3.64. The van der Waals surface area contributed by atoms with Gasteiger partial charge >= 0.3 is 5.97 Å². The fourth-order valence-corrected chi connectivity index (χ4v) is 5.78. The first kappa shape index (κ1) is 22.1. The van der Waals surface area contributed by atoms with Crippen molar-refractivity contribution >= 4 is 55.6 Å². The molecule has 166 valence electrons. The number of nitrogens with one attached hydrogen (secondary N) is 1. The summed E-state index contributed by atoms with van der Waals surface area (Å²) in [5.41, 5.74) is 1.30. The second kappa shape index (κ2) is 8.80. The Labute approximate surface area is 191 Å². The van der Waals surface area contributed by atoms with Gasteiger partial charge in [-0.1, -0.05) is 35.9 Å². The molecule has 0 bridgehead atoms. The van der Waals surface area contributed by atoms with Gasteiger partial charge in [0.2, 0.25) is 5.91 Å². The van der Waals surface area contributed by atoms with E-state index in [0.29, 0.717) is 22.7 Å². The van der Waals surface area contributed by atoms with Gasteiger partial charge in [-0.25, -0.2) is 13.2 Å². The summed E-state index contributed by atoms with van der Waals surface area (Å²) in [5.74, 6) is -0.810. The molecule has 1 heterocycles. The van der Waals surface area contributed by atoms with E-state index in [0.717, 1.165) is 10.8 Å². The van der Waals surface area contributed by atoms with E-state index >= 15 is 0 Å². The van der Waals surface area contributed by atoms with E-state index in [1.54, 1.807) is 31.2 Å². The number of sulfonamides is 1. The largest absolute Gasteiger partial charge is 0.462 e. The number of esters is 1. The van der Waals surface area contributed by atoms with E-state index < -0.39 is 16.0 Å². The zero-order valence-electron chi connectivity index (χ0n) is 17.3. The number of halogens is 1. The number of anilines is 2. The summed E-state index contributed by atoms with van der Waals surface area (Å²) in [7, 11) is -3.64. The van der Waals surface area contributed by atoms with Gasteiger partial charge in [-0.15, -0.1) is 0 Å². The highest BCUT2D eigenvalue weighted by Crippen LogP contribution is 2.42. The molecule has 0 saturated carbocycles. The predicted octanol–water partition coefficient (Wildman–Crippen LogP) is 4.60. The molecule has 0 atom stereocenters. The second-order valence-corrected chi connectivity index (χ2v) is 9.51. The van der Waals surface area contributed by atoms with Crippen LogP contribution in [0.25, 0.3) is 10.8 Å². The van der Waals surface area contributed by atoms with Crippen LogP contribution in [0.4, 0.5) is 11.4 Å². The van der Waals surface area contributed by atoms with Crippen LogP contribution in [0.1, 0.15) is 30.1 Å². The van der Waals surface area contributed by atoms with Crippen LogP contribution in [-0.2, 0) is 19.6 Å². The fraction of sp³-hybridized carbons (Fsp3) is 0.217. The first-order valence-corrected chi connectivity index (χ1v) is 12.0. The Balaban J connectivity index is 1.39. The van der Waals surface area contributed by atoms with E-state index in [1.165, 1.54) is 16.4 Å². The summed E-state index contributed by atoms with van der Waals surface area (Å²) in [6, 6.07) is 15.2. The number of hydrogen-bond acceptors (Lipinski definition) is 5. The van der Waals surface area contributed by atoms with Crippen molar-refractivity contribution in [1.29, 1.82) is 0 Å². The summed E-state index contributed by atoms with van der Waals surface area (Å²) < 4.78 is 32.2. The third-order valence-corrected chi connectivity index (χ3v) is 7.36. The number of hydrogen-bond donors (Lipinski definition) is 1. The molecule has 0 aliphatic carbocycles. The van der Waals surface area contributed by atoms with Gasteiger partial charge < -0.3 is 10.1 Å². The lowest BCUT2D eigenvalue weighted by Gasteiger charge is -2.18. The van der Waals surface area contributed by atoms with Gasteiger partial charge in [0.15, 0.2) is 0 Å². The summed E-state index contributed by atoms with van der Waals surface area (Å²) in [6.07, 6.45) is 0.458. The number of ether oxygens (including phenoxy) is 1. The first-order chi connectivity index (χ1) is 15.3. The maximum Gasteiger partial charge on any atom is 0.339 e. The molecule has 0 fully saturated rings. The van der Waals surface area contributed by atoms with Crippen LogP contribution in [-0.4, -0.2) is 33.4 Å². The lowest BCUT2D eigenvalue weighted by atomic mass is 10.1. The van der Waals surface area contributed by atoms with Crippen LogP contribution >= 0.6 is 11.6 Å². The maximum absolute atomic E-state index is 13.0. The molecule has 1 aliphatic heterocycles. The molecule has 4 rings (SSSR count). The topological polar surface area (TPSA) is 92.8 Å². The fourth-order valence-electron chi connectivity index (χ4n) is 3.77. The molecule has 0 spiro atoms. The standard InChI is InChI=1S/C23H21ClN2O5S/c1-2-31-23(28)17-12-11-16(14-18(17)24)25-21(27)10-5-13-26-19-8-3-6-15-7-4-9-20(22(15)19)32(26,29)30/h3-4,6-9,11-12,14H,2,5,10,13H2,1H3,(H,25,27). The molecule has 0 aromatic heterocycles. The van der Waals surface area contributed by atoms with Gasteiger partial charge in [0, 0.05) is 24.0 Å². The Morgan fingerprint density at radius 2 is 1.84 bits per heavy atom. The molecule has 32 heavy (non-hydrogen) atoms. The highest BCUT2D eigenvalue weighted by molar-refractivity contribution is 7.93. The smallest absolute Gasteiger partial charge is 0.339 e. The van der Waals surface area contributed by atoms with Gasteiger partial charge in [-0.2, -0.15) is 0 Å².